The quantitative estimate of drug-likeness (QED) is 0.558. The summed E-state index contributed by atoms with van der Waals surface area (Å²) >= 11 is 0. The predicted octanol–water partition coefficient (Wildman–Crippen LogP) is 1.31. The fraction of sp³-hybridized carbons (Fsp3) is 1.00. The van der Waals surface area contributed by atoms with Crippen molar-refractivity contribution in [3.63, 3.8) is 0 Å². The lowest BCUT2D eigenvalue weighted by atomic mass is 9.89. The third-order valence-electron chi connectivity index (χ3n) is 2.65. The molecule has 0 saturated heterocycles. The highest BCUT2D eigenvalue weighted by Gasteiger charge is 2.18. The molecule has 1 fully saturated rings. The van der Waals surface area contributed by atoms with Gasteiger partial charge in [-0.2, -0.15) is 0 Å². The molecule has 1 aliphatic carbocycles. The minimum atomic E-state index is -0.190. The summed E-state index contributed by atoms with van der Waals surface area (Å²) in [5.41, 5.74) is 0. The Labute approximate surface area is 68.2 Å². The molecule has 1 aliphatic rings. The van der Waals surface area contributed by atoms with Crippen molar-refractivity contribution >= 4 is 0 Å². The molecule has 0 heterocycles. The van der Waals surface area contributed by atoms with Crippen LogP contribution in [0.2, 0.25) is 0 Å². The second-order valence-electron chi connectivity index (χ2n) is 3.71. The van der Waals surface area contributed by atoms with Crippen LogP contribution in [0.5, 0.6) is 0 Å². The highest BCUT2D eigenvalue weighted by Crippen LogP contribution is 2.22. The Hall–Kier alpha value is -0.0800. The van der Waals surface area contributed by atoms with Crippen LogP contribution < -0.4 is 0 Å². The molecule has 0 aromatic heterocycles. The lowest BCUT2D eigenvalue weighted by Crippen LogP contribution is -2.23. The predicted molar refractivity (Wildman–Crippen MR) is 44.3 cm³/mol. The van der Waals surface area contributed by atoms with Gasteiger partial charge in [0.15, 0.2) is 0 Å². The topological polar surface area (TPSA) is 40.5 Å². The first-order valence-corrected chi connectivity index (χ1v) is 4.56. The van der Waals surface area contributed by atoms with Crippen molar-refractivity contribution in [1.82, 2.24) is 0 Å². The molecule has 3 unspecified atom stereocenters. The van der Waals surface area contributed by atoms with Crippen molar-refractivity contribution in [2.45, 2.75) is 51.2 Å². The molecular formula is C9H18O2. The molecule has 0 aromatic rings. The van der Waals surface area contributed by atoms with Crippen LogP contribution in [0, 0.1) is 5.92 Å². The van der Waals surface area contributed by atoms with Crippen LogP contribution in [0.1, 0.15) is 39.0 Å². The van der Waals surface area contributed by atoms with Crippen LogP contribution in [0.25, 0.3) is 0 Å². The standard InChI is InChI=1S/C9H18O2/c1-7-3-2-4-8(10)5-6-9(7)11/h7-11H,2-6H2,1H3. The van der Waals surface area contributed by atoms with E-state index < -0.39 is 0 Å². The van der Waals surface area contributed by atoms with E-state index in [-0.39, 0.29) is 12.2 Å². The number of hydrogen-bond donors (Lipinski definition) is 2. The van der Waals surface area contributed by atoms with Crippen molar-refractivity contribution in [2.24, 2.45) is 5.92 Å². The van der Waals surface area contributed by atoms with Gasteiger partial charge in [-0.1, -0.05) is 13.3 Å². The molecular weight excluding hydrogens is 140 g/mol. The van der Waals surface area contributed by atoms with Gasteiger partial charge in [0.05, 0.1) is 12.2 Å². The first-order valence-electron chi connectivity index (χ1n) is 4.56. The maximum atomic E-state index is 9.49. The Morgan fingerprint density at radius 2 is 1.73 bits per heavy atom. The van der Waals surface area contributed by atoms with Crippen molar-refractivity contribution in [3.8, 4) is 0 Å². The number of hydrogen-bond acceptors (Lipinski definition) is 2. The minimum Gasteiger partial charge on any atom is -0.393 e. The summed E-state index contributed by atoms with van der Waals surface area (Å²) in [4.78, 5) is 0. The fourth-order valence-corrected chi connectivity index (χ4v) is 1.66. The lowest BCUT2D eigenvalue weighted by molar-refractivity contribution is 0.0558. The summed E-state index contributed by atoms with van der Waals surface area (Å²) in [6.07, 6.45) is 4.20. The Kier molecular flexibility index (Phi) is 3.34. The summed E-state index contributed by atoms with van der Waals surface area (Å²) in [5.74, 6) is 0.419. The zero-order chi connectivity index (χ0) is 8.27. The van der Waals surface area contributed by atoms with E-state index in [2.05, 4.69) is 6.92 Å². The Morgan fingerprint density at radius 3 is 2.45 bits per heavy atom. The molecule has 2 heteroatoms. The lowest BCUT2D eigenvalue weighted by Gasteiger charge is -2.23. The fourth-order valence-electron chi connectivity index (χ4n) is 1.66. The smallest absolute Gasteiger partial charge is 0.0566 e. The van der Waals surface area contributed by atoms with Crippen LogP contribution in [0.3, 0.4) is 0 Å². The zero-order valence-electron chi connectivity index (χ0n) is 7.16. The minimum absolute atomic E-state index is 0.169. The second kappa shape index (κ2) is 4.07. The van der Waals surface area contributed by atoms with Gasteiger partial charge in [-0.05, 0) is 31.6 Å². The highest BCUT2D eigenvalue weighted by molar-refractivity contribution is 4.71. The van der Waals surface area contributed by atoms with Crippen molar-refractivity contribution in [3.05, 3.63) is 0 Å². The first-order chi connectivity index (χ1) is 5.20. The summed E-state index contributed by atoms with van der Waals surface area (Å²) < 4.78 is 0. The molecule has 0 aromatic carbocycles. The molecule has 11 heavy (non-hydrogen) atoms. The van der Waals surface area contributed by atoms with Crippen LogP contribution in [0.4, 0.5) is 0 Å². The van der Waals surface area contributed by atoms with Crippen molar-refractivity contribution in [1.29, 1.82) is 0 Å². The monoisotopic (exact) mass is 158 g/mol. The van der Waals surface area contributed by atoms with Crippen LogP contribution in [-0.2, 0) is 0 Å². The van der Waals surface area contributed by atoms with E-state index in [0.29, 0.717) is 5.92 Å². The molecule has 0 radical (unpaired) electrons. The number of aliphatic hydroxyl groups excluding tert-OH is 2. The maximum Gasteiger partial charge on any atom is 0.0566 e. The summed E-state index contributed by atoms with van der Waals surface area (Å²) in [6.45, 7) is 2.09. The summed E-state index contributed by atoms with van der Waals surface area (Å²) in [6, 6.07) is 0. The van der Waals surface area contributed by atoms with E-state index >= 15 is 0 Å². The van der Waals surface area contributed by atoms with E-state index in [1.807, 2.05) is 0 Å². The van der Waals surface area contributed by atoms with Crippen LogP contribution >= 0.6 is 0 Å². The molecule has 2 nitrogen and oxygen atoms in total. The molecule has 0 amide bonds. The average molecular weight is 158 g/mol. The Balaban J connectivity index is 2.34. The SMILES string of the molecule is CC1CCCC(O)CCC1O. The zero-order valence-corrected chi connectivity index (χ0v) is 7.16. The summed E-state index contributed by atoms with van der Waals surface area (Å²) in [7, 11) is 0. The number of rotatable bonds is 0. The molecule has 2 N–H and O–H groups in total. The van der Waals surface area contributed by atoms with Crippen molar-refractivity contribution in [2.75, 3.05) is 0 Å². The van der Waals surface area contributed by atoms with E-state index in [9.17, 15) is 10.2 Å². The molecule has 66 valence electrons. The molecule has 0 spiro atoms. The third-order valence-corrected chi connectivity index (χ3v) is 2.65. The van der Waals surface area contributed by atoms with Gasteiger partial charge in [0.25, 0.3) is 0 Å². The van der Waals surface area contributed by atoms with Crippen LogP contribution in [0.15, 0.2) is 0 Å². The third kappa shape index (κ3) is 2.80. The highest BCUT2D eigenvalue weighted by atomic mass is 16.3. The average Bonchev–Trinajstić information content (AvgIpc) is 1.98. The molecule has 1 rings (SSSR count). The van der Waals surface area contributed by atoms with Gasteiger partial charge in [0.2, 0.25) is 0 Å². The van der Waals surface area contributed by atoms with Gasteiger partial charge in [-0.3, -0.25) is 0 Å². The van der Waals surface area contributed by atoms with Gasteiger partial charge in [0.1, 0.15) is 0 Å². The molecule has 1 saturated carbocycles. The summed E-state index contributed by atoms with van der Waals surface area (Å²) in [5, 5.41) is 18.8. The Morgan fingerprint density at radius 1 is 1.00 bits per heavy atom. The second-order valence-corrected chi connectivity index (χ2v) is 3.71. The molecule has 3 atom stereocenters. The van der Waals surface area contributed by atoms with Gasteiger partial charge < -0.3 is 10.2 Å². The van der Waals surface area contributed by atoms with Crippen LogP contribution in [-0.4, -0.2) is 22.4 Å². The largest absolute Gasteiger partial charge is 0.393 e. The first kappa shape index (κ1) is 9.01. The normalized spacial score (nSPS) is 41.2. The molecule has 0 aliphatic heterocycles. The van der Waals surface area contributed by atoms with E-state index in [4.69, 9.17) is 0 Å². The Bertz CT molecular complexity index is 114. The van der Waals surface area contributed by atoms with Gasteiger partial charge in [-0.15, -0.1) is 0 Å². The van der Waals surface area contributed by atoms with Gasteiger partial charge in [0, 0.05) is 0 Å². The maximum absolute atomic E-state index is 9.49. The van der Waals surface area contributed by atoms with Gasteiger partial charge >= 0.3 is 0 Å². The van der Waals surface area contributed by atoms with Crippen molar-refractivity contribution < 1.29 is 10.2 Å². The number of aliphatic hydroxyl groups is 2. The molecule has 0 bridgehead atoms. The van der Waals surface area contributed by atoms with E-state index in [0.717, 1.165) is 32.1 Å². The van der Waals surface area contributed by atoms with E-state index in [1.54, 1.807) is 0 Å². The van der Waals surface area contributed by atoms with Gasteiger partial charge in [-0.25, -0.2) is 0 Å². The van der Waals surface area contributed by atoms with E-state index in [1.165, 1.54) is 0 Å².